The summed E-state index contributed by atoms with van der Waals surface area (Å²) in [5, 5.41) is 5.37. The Morgan fingerprint density at radius 1 is 1.20 bits per heavy atom. The molecule has 1 amide bonds. The number of amides is 1. The fourth-order valence-electron chi connectivity index (χ4n) is 1.81. The normalized spacial score (nSPS) is 10.7. The van der Waals surface area contributed by atoms with Crippen molar-refractivity contribution in [1.82, 2.24) is 5.43 Å². The zero-order valence-electron chi connectivity index (χ0n) is 11.0. The maximum atomic E-state index is 12.0. The number of carbonyl (C=O) groups is 2. The third-order valence-electron chi connectivity index (χ3n) is 2.66. The Morgan fingerprint density at radius 2 is 1.95 bits per heavy atom. The Morgan fingerprint density at radius 3 is 2.75 bits per heavy atom. The highest BCUT2D eigenvalue weighted by molar-refractivity contribution is 6.23. The molecule has 2 aromatic rings. The number of hydrogen-bond donors (Lipinski definition) is 1. The number of esters is 1. The number of hydrazone groups is 1. The number of carbonyl (C=O) groups excluding carboxylic acids is 2. The molecule has 5 nitrogen and oxygen atoms in total. The number of hydrogen-bond acceptors (Lipinski definition) is 4. The van der Waals surface area contributed by atoms with Crippen molar-refractivity contribution < 1.29 is 14.3 Å². The Bertz CT molecular complexity index is 660. The van der Waals surface area contributed by atoms with Crippen LogP contribution in [0.2, 0.25) is 0 Å². The number of benzene rings is 2. The molecule has 0 saturated heterocycles. The molecule has 0 heterocycles. The molecule has 0 unspecified atom stereocenters. The summed E-state index contributed by atoms with van der Waals surface area (Å²) in [6.45, 7) is 1.96. The van der Waals surface area contributed by atoms with E-state index in [0.717, 1.165) is 17.0 Å². The number of rotatable bonds is 4. The highest BCUT2D eigenvalue weighted by atomic mass is 16.5. The second kappa shape index (κ2) is 6.47. The SMILES string of the molecule is CCOC(=O)/C=N/NC(=O)c1cccc2ccccc12. The van der Waals surface area contributed by atoms with Gasteiger partial charge in [0.15, 0.2) is 0 Å². The van der Waals surface area contributed by atoms with E-state index < -0.39 is 5.97 Å². The summed E-state index contributed by atoms with van der Waals surface area (Å²) in [5.74, 6) is -0.965. The van der Waals surface area contributed by atoms with Crippen LogP contribution >= 0.6 is 0 Å². The van der Waals surface area contributed by atoms with Crippen LogP contribution in [0.1, 0.15) is 17.3 Å². The van der Waals surface area contributed by atoms with Gasteiger partial charge in [0, 0.05) is 5.56 Å². The summed E-state index contributed by atoms with van der Waals surface area (Å²) in [7, 11) is 0. The molecule has 20 heavy (non-hydrogen) atoms. The highest BCUT2D eigenvalue weighted by Gasteiger charge is 2.08. The lowest BCUT2D eigenvalue weighted by molar-refractivity contribution is -0.134. The highest BCUT2D eigenvalue weighted by Crippen LogP contribution is 2.18. The van der Waals surface area contributed by atoms with Gasteiger partial charge in [-0.2, -0.15) is 5.10 Å². The summed E-state index contributed by atoms with van der Waals surface area (Å²) in [6.07, 6.45) is 0.937. The first-order valence-electron chi connectivity index (χ1n) is 6.20. The average molecular weight is 270 g/mol. The number of nitrogens with zero attached hydrogens (tertiary/aromatic N) is 1. The van der Waals surface area contributed by atoms with Crippen LogP contribution in [-0.2, 0) is 9.53 Å². The Balaban J connectivity index is 2.14. The molecule has 0 atom stereocenters. The van der Waals surface area contributed by atoms with Crippen molar-refractivity contribution >= 4 is 28.9 Å². The summed E-state index contributed by atoms with van der Waals surface area (Å²) in [5.41, 5.74) is 2.81. The number of fused-ring (bicyclic) bond motifs is 1. The smallest absolute Gasteiger partial charge is 0.351 e. The molecule has 0 radical (unpaired) electrons. The maximum Gasteiger partial charge on any atom is 0.351 e. The Labute approximate surface area is 116 Å². The van der Waals surface area contributed by atoms with E-state index >= 15 is 0 Å². The summed E-state index contributed by atoms with van der Waals surface area (Å²) < 4.78 is 4.66. The zero-order chi connectivity index (χ0) is 14.4. The van der Waals surface area contributed by atoms with Crippen molar-refractivity contribution in [2.75, 3.05) is 6.61 Å². The van der Waals surface area contributed by atoms with Gasteiger partial charge in [-0.1, -0.05) is 36.4 Å². The van der Waals surface area contributed by atoms with E-state index in [9.17, 15) is 9.59 Å². The van der Waals surface area contributed by atoms with Crippen LogP contribution in [0.25, 0.3) is 10.8 Å². The maximum absolute atomic E-state index is 12.0. The van der Waals surface area contributed by atoms with Crippen LogP contribution in [0.3, 0.4) is 0 Å². The van der Waals surface area contributed by atoms with Crippen LogP contribution in [0, 0.1) is 0 Å². The van der Waals surface area contributed by atoms with E-state index in [2.05, 4.69) is 15.3 Å². The minimum absolute atomic E-state index is 0.266. The minimum atomic E-state index is -0.592. The molecule has 0 spiro atoms. The van der Waals surface area contributed by atoms with Gasteiger partial charge in [0.25, 0.3) is 5.91 Å². The summed E-state index contributed by atoms with van der Waals surface area (Å²) in [6, 6.07) is 13.0. The van der Waals surface area contributed by atoms with Gasteiger partial charge >= 0.3 is 5.97 Å². The van der Waals surface area contributed by atoms with Gasteiger partial charge in [-0.25, -0.2) is 10.2 Å². The summed E-state index contributed by atoms with van der Waals surface area (Å²) >= 11 is 0. The Hall–Kier alpha value is -2.69. The standard InChI is InChI=1S/C15H14N2O3/c1-2-20-14(18)10-16-17-15(19)13-9-5-7-11-6-3-4-8-12(11)13/h3-10H,2H2,1H3,(H,17,19)/b16-10+. The second-order valence-electron chi connectivity index (χ2n) is 3.98. The third-order valence-corrected chi connectivity index (χ3v) is 2.66. The molecule has 0 fully saturated rings. The molecule has 0 bridgehead atoms. The number of nitrogens with one attached hydrogen (secondary N) is 1. The van der Waals surface area contributed by atoms with Crippen LogP contribution in [0.15, 0.2) is 47.6 Å². The molecule has 1 N–H and O–H groups in total. The van der Waals surface area contributed by atoms with E-state index in [1.807, 2.05) is 30.3 Å². The molecule has 0 saturated carbocycles. The van der Waals surface area contributed by atoms with Gasteiger partial charge in [0.1, 0.15) is 6.21 Å². The predicted octanol–water partition coefficient (Wildman–Crippen LogP) is 2.12. The van der Waals surface area contributed by atoms with Crippen LogP contribution in [0.4, 0.5) is 0 Å². The van der Waals surface area contributed by atoms with Crippen LogP contribution in [0.5, 0.6) is 0 Å². The molecule has 2 rings (SSSR count). The largest absolute Gasteiger partial charge is 0.462 e. The molecule has 2 aromatic carbocycles. The quantitative estimate of drug-likeness (QED) is 0.525. The molecule has 0 aliphatic rings. The molecule has 0 aliphatic carbocycles. The van der Waals surface area contributed by atoms with Crippen molar-refractivity contribution in [1.29, 1.82) is 0 Å². The fraction of sp³-hybridized carbons (Fsp3) is 0.133. The topological polar surface area (TPSA) is 67.8 Å². The third kappa shape index (κ3) is 3.20. The minimum Gasteiger partial charge on any atom is -0.462 e. The van der Waals surface area contributed by atoms with Gasteiger partial charge in [0.2, 0.25) is 0 Å². The van der Waals surface area contributed by atoms with E-state index in [1.54, 1.807) is 19.1 Å². The second-order valence-corrected chi connectivity index (χ2v) is 3.98. The van der Waals surface area contributed by atoms with Gasteiger partial charge in [-0.3, -0.25) is 4.79 Å². The zero-order valence-corrected chi connectivity index (χ0v) is 11.0. The summed E-state index contributed by atoms with van der Waals surface area (Å²) in [4.78, 5) is 23.1. The van der Waals surface area contributed by atoms with Crippen molar-refractivity contribution in [2.45, 2.75) is 6.92 Å². The molecular formula is C15H14N2O3. The van der Waals surface area contributed by atoms with Gasteiger partial charge in [-0.15, -0.1) is 0 Å². The van der Waals surface area contributed by atoms with Crippen molar-refractivity contribution in [3.05, 3.63) is 48.0 Å². The first-order chi connectivity index (χ1) is 9.72. The lowest BCUT2D eigenvalue weighted by Crippen LogP contribution is -2.19. The van der Waals surface area contributed by atoms with E-state index in [4.69, 9.17) is 0 Å². The van der Waals surface area contributed by atoms with Gasteiger partial charge in [-0.05, 0) is 23.8 Å². The van der Waals surface area contributed by atoms with Crippen molar-refractivity contribution in [3.63, 3.8) is 0 Å². The van der Waals surface area contributed by atoms with Gasteiger partial charge in [0.05, 0.1) is 6.61 Å². The molecular weight excluding hydrogens is 256 g/mol. The average Bonchev–Trinajstić information content (AvgIpc) is 2.47. The number of ether oxygens (including phenoxy) is 1. The van der Waals surface area contributed by atoms with Crippen LogP contribution < -0.4 is 5.43 Å². The van der Waals surface area contributed by atoms with Crippen molar-refractivity contribution in [3.8, 4) is 0 Å². The van der Waals surface area contributed by atoms with E-state index in [0.29, 0.717) is 5.56 Å². The first kappa shape index (κ1) is 13.7. The monoisotopic (exact) mass is 270 g/mol. The fourth-order valence-corrected chi connectivity index (χ4v) is 1.81. The Kier molecular flexibility index (Phi) is 4.44. The van der Waals surface area contributed by atoms with Crippen LogP contribution in [-0.4, -0.2) is 24.7 Å². The lowest BCUT2D eigenvalue weighted by Gasteiger charge is -2.04. The first-order valence-corrected chi connectivity index (χ1v) is 6.20. The molecule has 102 valence electrons. The van der Waals surface area contributed by atoms with E-state index in [-0.39, 0.29) is 12.5 Å². The van der Waals surface area contributed by atoms with Crippen molar-refractivity contribution in [2.24, 2.45) is 5.10 Å². The molecule has 0 aliphatic heterocycles. The predicted molar refractivity (Wildman–Crippen MR) is 76.5 cm³/mol. The molecule has 0 aromatic heterocycles. The van der Waals surface area contributed by atoms with Gasteiger partial charge < -0.3 is 4.74 Å². The lowest BCUT2D eigenvalue weighted by atomic mass is 10.0. The van der Waals surface area contributed by atoms with E-state index in [1.165, 1.54) is 0 Å². The molecule has 5 heteroatoms.